The summed E-state index contributed by atoms with van der Waals surface area (Å²) < 4.78 is 12.9. The lowest BCUT2D eigenvalue weighted by Gasteiger charge is -2.06. The molecule has 0 aromatic heterocycles. The Morgan fingerprint density at radius 1 is 1.46 bits per heavy atom. The van der Waals surface area contributed by atoms with E-state index in [1.54, 1.807) is 0 Å². The molecule has 0 aliphatic heterocycles. The van der Waals surface area contributed by atoms with E-state index in [4.69, 9.17) is 23.1 Å². The number of Topliss-reactive ketones (excluding diaryl/α,β-unsaturated/α-hetero) is 1. The Balaban J connectivity index is 3.33. The van der Waals surface area contributed by atoms with Crippen molar-refractivity contribution in [1.82, 2.24) is 0 Å². The van der Waals surface area contributed by atoms with Crippen LogP contribution in [0.1, 0.15) is 10.4 Å². The summed E-state index contributed by atoms with van der Waals surface area (Å²) in [7, 11) is 0. The first-order valence-electron chi connectivity index (χ1n) is 3.50. The van der Waals surface area contributed by atoms with E-state index in [1.807, 2.05) is 0 Å². The van der Waals surface area contributed by atoms with Crippen LogP contribution in [-0.2, 0) is 0 Å². The monoisotopic (exact) mass is 202 g/mol. The van der Waals surface area contributed by atoms with Crippen LogP contribution in [0.4, 0.5) is 15.8 Å². The number of nitrogen functional groups attached to an aromatic ring is 2. The zero-order chi connectivity index (χ0) is 10.0. The molecule has 1 aromatic rings. The van der Waals surface area contributed by atoms with E-state index in [9.17, 15) is 9.18 Å². The smallest absolute Gasteiger partial charge is 0.181 e. The fourth-order valence-electron chi connectivity index (χ4n) is 0.989. The predicted molar refractivity (Wildman–Crippen MR) is 50.3 cm³/mol. The number of carbonyl (C=O) groups is 1. The second-order valence-electron chi connectivity index (χ2n) is 2.48. The third kappa shape index (κ3) is 1.72. The van der Waals surface area contributed by atoms with E-state index < -0.39 is 11.6 Å². The zero-order valence-corrected chi connectivity index (χ0v) is 7.44. The van der Waals surface area contributed by atoms with E-state index >= 15 is 0 Å². The third-order valence-electron chi connectivity index (χ3n) is 1.62. The van der Waals surface area contributed by atoms with Crippen LogP contribution in [0.2, 0.25) is 0 Å². The van der Waals surface area contributed by atoms with Crippen molar-refractivity contribution < 1.29 is 9.18 Å². The molecule has 0 radical (unpaired) electrons. The number of alkyl halides is 1. The minimum Gasteiger partial charge on any atom is -0.398 e. The summed E-state index contributed by atoms with van der Waals surface area (Å²) in [6.07, 6.45) is 0. The highest BCUT2D eigenvalue weighted by Gasteiger charge is 2.15. The van der Waals surface area contributed by atoms with Gasteiger partial charge in [0.15, 0.2) is 5.78 Å². The molecule has 4 N–H and O–H groups in total. The Labute approximate surface area is 79.5 Å². The Morgan fingerprint density at radius 2 is 2.08 bits per heavy atom. The highest BCUT2D eigenvalue weighted by atomic mass is 35.5. The average molecular weight is 203 g/mol. The largest absolute Gasteiger partial charge is 0.398 e. The van der Waals surface area contributed by atoms with Crippen molar-refractivity contribution >= 4 is 28.8 Å². The van der Waals surface area contributed by atoms with Crippen molar-refractivity contribution in [2.24, 2.45) is 0 Å². The normalized spacial score (nSPS) is 10.0. The van der Waals surface area contributed by atoms with Crippen molar-refractivity contribution in [2.75, 3.05) is 17.3 Å². The molecule has 13 heavy (non-hydrogen) atoms. The number of hydrogen-bond acceptors (Lipinski definition) is 3. The van der Waals surface area contributed by atoms with Crippen LogP contribution in [-0.4, -0.2) is 11.7 Å². The van der Waals surface area contributed by atoms with E-state index in [0.29, 0.717) is 0 Å². The van der Waals surface area contributed by atoms with E-state index in [2.05, 4.69) is 0 Å². The molecular formula is C8H8ClFN2O. The number of carbonyl (C=O) groups excluding carboxylic acids is 1. The first-order chi connectivity index (χ1) is 6.07. The van der Waals surface area contributed by atoms with Gasteiger partial charge in [0.1, 0.15) is 5.82 Å². The maximum absolute atomic E-state index is 12.9. The van der Waals surface area contributed by atoms with Gasteiger partial charge in [-0.3, -0.25) is 4.79 Å². The lowest BCUT2D eigenvalue weighted by molar-refractivity contribution is 0.102. The van der Waals surface area contributed by atoms with Gasteiger partial charge >= 0.3 is 0 Å². The van der Waals surface area contributed by atoms with Crippen molar-refractivity contribution in [2.45, 2.75) is 0 Å². The van der Waals surface area contributed by atoms with Gasteiger partial charge in [0.2, 0.25) is 0 Å². The van der Waals surface area contributed by atoms with E-state index in [0.717, 1.165) is 6.07 Å². The summed E-state index contributed by atoms with van der Waals surface area (Å²) in [6, 6.07) is 2.39. The fraction of sp³-hybridized carbons (Fsp3) is 0.125. The van der Waals surface area contributed by atoms with Crippen LogP contribution in [0.25, 0.3) is 0 Å². The number of rotatable bonds is 2. The Morgan fingerprint density at radius 3 is 2.62 bits per heavy atom. The Kier molecular flexibility index (Phi) is 2.72. The molecule has 0 amide bonds. The SMILES string of the molecule is Nc1ccc(F)c(N)c1C(=O)CCl. The second-order valence-corrected chi connectivity index (χ2v) is 2.75. The highest BCUT2D eigenvalue weighted by molar-refractivity contribution is 6.31. The molecule has 70 valence electrons. The average Bonchev–Trinajstić information content (AvgIpc) is 2.12. The lowest BCUT2D eigenvalue weighted by atomic mass is 10.1. The molecule has 3 nitrogen and oxygen atoms in total. The Bertz CT molecular complexity index is 354. The van der Waals surface area contributed by atoms with Gasteiger partial charge in [-0.2, -0.15) is 0 Å². The molecular weight excluding hydrogens is 195 g/mol. The number of halogens is 2. The van der Waals surface area contributed by atoms with Crippen LogP contribution in [0.3, 0.4) is 0 Å². The summed E-state index contributed by atoms with van der Waals surface area (Å²) in [5.74, 6) is -1.41. The first kappa shape index (κ1) is 9.80. The Hall–Kier alpha value is -1.29. The van der Waals surface area contributed by atoms with Gasteiger partial charge in [0.05, 0.1) is 17.1 Å². The number of benzene rings is 1. The lowest BCUT2D eigenvalue weighted by Crippen LogP contribution is -2.10. The van der Waals surface area contributed by atoms with Gasteiger partial charge in [-0.05, 0) is 12.1 Å². The van der Waals surface area contributed by atoms with E-state index in [-0.39, 0.29) is 22.8 Å². The number of nitrogens with two attached hydrogens (primary N) is 2. The van der Waals surface area contributed by atoms with E-state index in [1.165, 1.54) is 6.07 Å². The molecule has 0 spiro atoms. The summed E-state index contributed by atoms with van der Waals surface area (Å²) in [4.78, 5) is 11.1. The van der Waals surface area contributed by atoms with Crippen molar-refractivity contribution in [3.05, 3.63) is 23.5 Å². The van der Waals surface area contributed by atoms with Gasteiger partial charge in [0.25, 0.3) is 0 Å². The van der Waals surface area contributed by atoms with Gasteiger partial charge in [-0.15, -0.1) is 11.6 Å². The van der Waals surface area contributed by atoms with Crippen molar-refractivity contribution in [3.8, 4) is 0 Å². The predicted octanol–water partition coefficient (Wildman–Crippen LogP) is 1.41. The van der Waals surface area contributed by atoms with Crippen LogP contribution in [0.5, 0.6) is 0 Å². The third-order valence-corrected chi connectivity index (χ3v) is 1.87. The van der Waals surface area contributed by atoms with Crippen molar-refractivity contribution in [3.63, 3.8) is 0 Å². The second kappa shape index (κ2) is 3.62. The van der Waals surface area contributed by atoms with Crippen LogP contribution in [0, 0.1) is 5.82 Å². The topological polar surface area (TPSA) is 69.1 Å². The summed E-state index contributed by atoms with van der Waals surface area (Å²) >= 11 is 5.30. The molecule has 0 bridgehead atoms. The number of hydrogen-bond donors (Lipinski definition) is 2. The molecule has 0 atom stereocenters. The summed E-state index contributed by atoms with van der Waals surface area (Å²) in [5.41, 5.74) is 10.6. The minimum absolute atomic E-state index is 0.0324. The van der Waals surface area contributed by atoms with Gasteiger partial charge in [-0.1, -0.05) is 0 Å². The van der Waals surface area contributed by atoms with Crippen LogP contribution < -0.4 is 11.5 Å². The molecule has 1 aromatic carbocycles. The van der Waals surface area contributed by atoms with Crippen molar-refractivity contribution in [1.29, 1.82) is 0 Å². The number of anilines is 2. The highest BCUT2D eigenvalue weighted by Crippen LogP contribution is 2.23. The van der Waals surface area contributed by atoms with Gasteiger partial charge in [-0.25, -0.2) is 4.39 Å². The molecule has 0 saturated carbocycles. The van der Waals surface area contributed by atoms with Gasteiger partial charge < -0.3 is 11.5 Å². The molecule has 0 aliphatic carbocycles. The van der Waals surface area contributed by atoms with Crippen LogP contribution in [0.15, 0.2) is 12.1 Å². The maximum Gasteiger partial charge on any atom is 0.181 e. The summed E-state index contributed by atoms with van der Waals surface area (Å²) in [5, 5.41) is 0. The number of ketones is 1. The fourth-order valence-corrected chi connectivity index (χ4v) is 1.12. The minimum atomic E-state index is -0.664. The first-order valence-corrected chi connectivity index (χ1v) is 4.04. The standard InChI is InChI=1S/C8H8ClFN2O/c9-3-6(13)7-5(11)2-1-4(10)8(7)12/h1-2H,3,11-12H2. The molecule has 0 heterocycles. The van der Waals surface area contributed by atoms with Gasteiger partial charge in [0, 0.05) is 5.69 Å². The maximum atomic E-state index is 12.9. The molecule has 5 heteroatoms. The molecule has 1 rings (SSSR count). The molecule has 0 unspecified atom stereocenters. The summed E-state index contributed by atoms with van der Waals surface area (Å²) in [6.45, 7) is 0. The molecule has 0 fully saturated rings. The quantitative estimate of drug-likeness (QED) is 0.433. The molecule has 0 saturated heterocycles. The zero-order valence-electron chi connectivity index (χ0n) is 6.68. The van der Waals surface area contributed by atoms with Crippen LogP contribution >= 0.6 is 11.6 Å². The molecule has 0 aliphatic rings.